The summed E-state index contributed by atoms with van der Waals surface area (Å²) in [6.07, 6.45) is 4.63. The largest absolute Gasteiger partial charge is 0.492 e. The number of hydrogen-bond acceptors (Lipinski definition) is 4. The van der Waals surface area contributed by atoms with E-state index in [0.717, 1.165) is 51.3 Å². The van der Waals surface area contributed by atoms with Crippen LogP contribution in [0.1, 0.15) is 44.2 Å². The van der Waals surface area contributed by atoms with Crippen LogP contribution in [-0.4, -0.2) is 74.0 Å². The molecule has 1 aliphatic heterocycles. The summed E-state index contributed by atoms with van der Waals surface area (Å²) in [4.78, 5) is 19.3. The third kappa shape index (κ3) is 5.45. The molecule has 1 saturated carbocycles. The van der Waals surface area contributed by atoms with Crippen LogP contribution in [0.25, 0.3) is 0 Å². The molecule has 2 aliphatic rings. The molecule has 1 unspecified atom stereocenters. The summed E-state index contributed by atoms with van der Waals surface area (Å²) in [5.41, 5.74) is 1.29. The second-order valence-electron chi connectivity index (χ2n) is 8.24. The van der Waals surface area contributed by atoms with Crippen LogP contribution in [0.15, 0.2) is 24.3 Å². The predicted molar refractivity (Wildman–Crippen MR) is 109 cm³/mol. The standard InChI is InChI=1S/C22H35N3O2/c1-18(20-9-6-10-21(17-20)27-16-15-23(2)3)24-11-13-25(14-12-24)22(26)19-7-4-5-8-19/h6,9-10,17-19H,4-5,7-8,11-16H2,1-3H3. The summed E-state index contributed by atoms with van der Waals surface area (Å²) in [6.45, 7) is 7.49. The minimum atomic E-state index is 0.296. The minimum Gasteiger partial charge on any atom is -0.492 e. The van der Waals surface area contributed by atoms with E-state index in [9.17, 15) is 4.79 Å². The molecule has 1 aliphatic carbocycles. The quantitative estimate of drug-likeness (QED) is 0.736. The Morgan fingerprint density at radius 2 is 1.89 bits per heavy atom. The van der Waals surface area contributed by atoms with E-state index in [4.69, 9.17) is 4.74 Å². The molecule has 0 aromatic heterocycles. The number of hydrogen-bond donors (Lipinski definition) is 0. The van der Waals surface area contributed by atoms with Crippen molar-refractivity contribution in [1.82, 2.24) is 14.7 Å². The number of rotatable bonds is 7. The Bertz CT molecular complexity index is 605. The van der Waals surface area contributed by atoms with Crippen molar-refractivity contribution >= 4 is 5.91 Å². The zero-order valence-electron chi connectivity index (χ0n) is 17.2. The Hall–Kier alpha value is -1.59. The van der Waals surface area contributed by atoms with Crippen molar-refractivity contribution in [3.05, 3.63) is 29.8 Å². The molecule has 0 N–H and O–H groups in total. The smallest absolute Gasteiger partial charge is 0.225 e. The van der Waals surface area contributed by atoms with Gasteiger partial charge in [-0.15, -0.1) is 0 Å². The summed E-state index contributed by atoms with van der Waals surface area (Å²) >= 11 is 0. The van der Waals surface area contributed by atoms with Crippen LogP contribution in [-0.2, 0) is 4.79 Å². The Balaban J connectivity index is 1.51. The molecule has 2 fully saturated rings. The number of ether oxygens (including phenoxy) is 1. The average molecular weight is 374 g/mol. The molecule has 1 atom stereocenters. The van der Waals surface area contributed by atoms with Crippen LogP contribution in [0.3, 0.4) is 0 Å². The first-order chi connectivity index (χ1) is 13.0. The van der Waals surface area contributed by atoms with Gasteiger partial charge in [0.05, 0.1) is 0 Å². The molecule has 150 valence electrons. The second-order valence-corrected chi connectivity index (χ2v) is 8.24. The van der Waals surface area contributed by atoms with Gasteiger partial charge in [-0.05, 0) is 51.6 Å². The minimum absolute atomic E-state index is 0.296. The van der Waals surface area contributed by atoms with Gasteiger partial charge in [-0.1, -0.05) is 25.0 Å². The van der Waals surface area contributed by atoms with E-state index < -0.39 is 0 Å². The van der Waals surface area contributed by atoms with E-state index >= 15 is 0 Å². The van der Waals surface area contributed by atoms with Gasteiger partial charge in [0.2, 0.25) is 5.91 Å². The van der Waals surface area contributed by atoms with Gasteiger partial charge in [0.25, 0.3) is 0 Å². The third-order valence-electron chi connectivity index (χ3n) is 6.03. The molecule has 5 heteroatoms. The topological polar surface area (TPSA) is 36.0 Å². The third-order valence-corrected chi connectivity index (χ3v) is 6.03. The summed E-state index contributed by atoms with van der Waals surface area (Å²) < 4.78 is 5.89. The Morgan fingerprint density at radius 1 is 1.19 bits per heavy atom. The highest BCUT2D eigenvalue weighted by atomic mass is 16.5. The van der Waals surface area contributed by atoms with Crippen molar-refractivity contribution in [3.8, 4) is 5.75 Å². The van der Waals surface area contributed by atoms with Gasteiger partial charge in [-0.25, -0.2) is 0 Å². The number of carbonyl (C=O) groups is 1. The number of carbonyl (C=O) groups excluding carboxylic acids is 1. The number of amides is 1. The van der Waals surface area contributed by atoms with E-state index in [1.807, 2.05) is 6.07 Å². The van der Waals surface area contributed by atoms with Crippen molar-refractivity contribution in [2.75, 3.05) is 53.4 Å². The number of benzene rings is 1. The van der Waals surface area contributed by atoms with Crippen LogP contribution in [0.2, 0.25) is 0 Å². The molecule has 1 aromatic carbocycles. The first kappa shape index (κ1) is 20.2. The average Bonchev–Trinajstić information content (AvgIpc) is 3.22. The summed E-state index contributed by atoms with van der Waals surface area (Å²) in [6, 6.07) is 8.79. The Morgan fingerprint density at radius 3 is 2.56 bits per heavy atom. The Kier molecular flexibility index (Phi) is 7.13. The fourth-order valence-electron chi connectivity index (χ4n) is 4.18. The maximum Gasteiger partial charge on any atom is 0.225 e. The summed E-state index contributed by atoms with van der Waals surface area (Å²) in [5.74, 6) is 1.64. The van der Waals surface area contributed by atoms with Crippen molar-refractivity contribution in [2.45, 2.75) is 38.6 Å². The highest BCUT2D eigenvalue weighted by Gasteiger charge is 2.30. The zero-order valence-corrected chi connectivity index (χ0v) is 17.2. The highest BCUT2D eigenvalue weighted by molar-refractivity contribution is 5.79. The molecular weight excluding hydrogens is 338 g/mol. The van der Waals surface area contributed by atoms with Crippen LogP contribution >= 0.6 is 0 Å². The van der Waals surface area contributed by atoms with Gasteiger partial charge in [-0.3, -0.25) is 9.69 Å². The molecule has 0 radical (unpaired) electrons. The lowest BCUT2D eigenvalue weighted by Gasteiger charge is -2.39. The van der Waals surface area contributed by atoms with Crippen molar-refractivity contribution in [1.29, 1.82) is 0 Å². The first-order valence-electron chi connectivity index (χ1n) is 10.4. The normalized spacial score (nSPS) is 20.2. The van der Waals surface area contributed by atoms with Crippen molar-refractivity contribution in [2.24, 2.45) is 5.92 Å². The molecule has 0 bridgehead atoms. The summed E-state index contributed by atoms with van der Waals surface area (Å²) in [5, 5.41) is 0. The maximum atomic E-state index is 12.6. The fourth-order valence-corrected chi connectivity index (χ4v) is 4.18. The van der Waals surface area contributed by atoms with Gasteiger partial charge in [0, 0.05) is 44.7 Å². The lowest BCUT2D eigenvalue weighted by Crippen LogP contribution is -2.50. The number of likely N-dealkylation sites (N-methyl/N-ethyl adjacent to an activating group) is 1. The molecule has 1 aromatic rings. The van der Waals surface area contributed by atoms with Gasteiger partial charge in [0.15, 0.2) is 0 Å². The molecule has 0 spiro atoms. The van der Waals surface area contributed by atoms with Crippen molar-refractivity contribution < 1.29 is 9.53 Å². The van der Waals surface area contributed by atoms with Crippen LogP contribution in [0, 0.1) is 5.92 Å². The SMILES string of the molecule is CC(c1cccc(OCCN(C)C)c1)N1CCN(C(=O)C2CCCC2)CC1. The van der Waals surface area contributed by atoms with Gasteiger partial charge >= 0.3 is 0 Å². The fraction of sp³-hybridized carbons (Fsp3) is 0.682. The molecular formula is C22H35N3O2. The molecule has 1 heterocycles. The maximum absolute atomic E-state index is 12.6. The molecule has 1 amide bonds. The van der Waals surface area contributed by atoms with Crippen molar-refractivity contribution in [3.63, 3.8) is 0 Å². The molecule has 5 nitrogen and oxygen atoms in total. The Labute approximate surface area is 164 Å². The molecule has 27 heavy (non-hydrogen) atoms. The van der Waals surface area contributed by atoms with Gasteiger partial charge < -0.3 is 14.5 Å². The predicted octanol–water partition coefficient (Wildman–Crippen LogP) is 3.02. The monoisotopic (exact) mass is 373 g/mol. The van der Waals surface area contributed by atoms with Crippen LogP contribution in [0.4, 0.5) is 0 Å². The van der Waals surface area contributed by atoms with E-state index in [2.05, 4.69) is 53.9 Å². The molecule has 1 saturated heterocycles. The second kappa shape index (κ2) is 9.56. The van der Waals surface area contributed by atoms with E-state index in [1.54, 1.807) is 0 Å². The number of piperazine rings is 1. The lowest BCUT2D eigenvalue weighted by molar-refractivity contribution is -0.137. The van der Waals surface area contributed by atoms with Gasteiger partial charge in [0.1, 0.15) is 12.4 Å². The zero-order chi connectivity index (χ0) is 19.2. The highest BCUT2D eigenvalue weighted by Crippen LogP contribution is 2.28. The van der Waals surface area contributed by atoms with E-state index in [1.165, 1.54) is 18.4 Å². The molecule has 3 rings (SSSR count). The van der Waals surface area contributed by atoms with E-state index in [0.29, 0.717) is 24.5 Å². The number of nitrogens with zero attached hydrogens (tertiary/aromatic N) is 3. The van der Waals surface area contributed by atoms with E-state index in [-0.39, 0.29) is 0 Å². The van der Waals surface area contributed by atoms with Crippen LogP contribution in [0.5, 0.6) is 5.75 Å². The summed E-state index contributed by atoms with van der Waals surface area (Å²) in [7, 11) is 4.11. The first-order valence-corrected chi connectivity index (χ1v) is 10.4. The van der Waals surface area contributed by atoms with Crippen LogP contribution < -0.4 is 4.74 Å². The van der Waals surface area contributed by atoms with Gasteiger partial charge in [-0.2, -0.15) is 0 Å². The lowest BCUT2D eigenvalue weighted by atomic mass is 10.0.